The molecule has 0 aromatic rings. The summed E-state index contributed by atoms with van der Waals surface area (Å²) in [6.07, 6.45) is -7.03. The molecule has 0 aromatic heterocycles. The number of carbonyl (C=O) groups excluding carboxylic acids is 4. The average molecular weight is 521 g/mol. The van der Waals surface area contributed by atoms with Gasteiger partial charge in [-0.2, -0.15) is 0 Å². The van der Waals surface area contributed by atoms with Gasteiger partial charge in [-0.05, 0) is 34.1 Å². The van der Waals surface area contributed by atoms with Crippen LogP contribution in [0, 0.1) is 0 Å². The van der Waals surface area contributed by atoms with Crippen molar-refractivity contribution in [1.82, 2.24) is 16.0 Å². The van der Waals surface area contributed by atoms with Gasteiger partial charge in [-0.25, -0.2) is 4.79 Å². The minimum Gasteiger partial charge on any atom is -0.481 e. The van der Waals surface area contributed by atoms with Gasteiger partial charge >= 0.3 is 12.1 Å². The summed E-state index contributed by atoms with van der Waals surface area (Å²) >= 11 is 0. The van der Waals surface area contributed by atoms with Gasteiger partial charge in [0.05, 0.1) is 25.4 Å². The Hall–Kier alpha value is -3.01. The van der Waals surface area contributed by atoms with E-state index in [0.29, 0.717) is 0 Å². The molecule has 0 spiro atoms. The molecule has 8 N–H and O–H groups in total. The maximum atomic E-state index is 12.7. The van der Waals surface area contributed by atoms with E-state index in [9.17, 15) is 34.2 Å². The Morgan fingerprint density at radius 2 is 1.75 bits per heavy atom. The lowest BCUT2D eigenvalue weighted by Gasteiger charge is -2.44. The minimum atomic E-state index is -1.42. The number of aliphatic hydroxyl groups is 2. The van der Waals surface area contributed by atoms with Crippen LogP contribution in [0.25, 0.3) is 0 Å². The van der Waals surface area contributed by atoms with E-state index in [1.54, 1.807) is 13.8 Å². The second-order valence-electron chi connectivity index (χ2n) is 8.31. The molecule has 0 aliphatic carbocycles. The third-order valence-electron chi connectivity index (χ3n) is 5.50. The number of alkyl carbamates (subject to hydrolysis) is 1. The summed E-state index contributed by atoms with van der Waals surface area (Å²) in [5, 5.41) is 36.1. The Morgan fingerprint density at radius 1 is 1.11 bits per heavy atom. The zero-order valence-electron chi connectivity index (χ0n) is 20.6. The normalized spacial score (nSPS) is 26.1. The van der Waals surface area contributed by atoms with Gasteiger partial charge in [-0.15, -0.1) is 0 Å². The maximum absolute atomic E-state index is 12.7. The van der Waals surface area contributed by atoms with Gasteiger partial charge in [0.25, 0.3) is 0 Å². The van der Waals surface area contributed by atoms with Crippen LogP contribution < -0.4 is 21.7 Å². The fraction of sp³-hybridized carbons (Fsp3) is 0.762. The number of hydrogen-bond donors (Lipinski definition) is 7. The van der Waals surface area contributed by atoms with E-state index in [-0.39, 0.29) is 13.0 Å². The first-order valence-corrected chi connectivity index (χ1v) is 11.5. The average Bonchev–Trinajstić information content (AvgIpc) is 2.80. The van der Waals surface area contributed by atoms with Gasteiger partial charge in [0, 0.05) is 6.42 Å². The number of aliphatic carboxylic acids is 1. The van der Waals surface area contributed by atoms with Crippen molar-refractivity contribution in [1.29, 1.82) is 0 Å². The van der Waals surface area contributed by atoms with Crippen molar-refractivity contribution in [3.05, 3.63) is 0 Å². The highest BCUT2D eigenvalue weighted by atomic mass is 16.6. The van der Waals surface area contributed by atoms with Crippen molar-refractivity contribution in [3.63, 3.8) is 0 Å². The molecule has 0 radical (unpaired) electrons. The summed E-state index contributed by atoms with van der Waals surface area (Å²) in [6, 6.07) is -3.35. The first kappa shape index (κ1) is 31.0. The smallest absolute Gasteiger partial charge is 0.407 e. The molecule has 1 heterocycles. The lowest BCUT2D eigenvalue weighted by atomic mass is 9.93. The number of nitrogens with two attached hydrogens (primary N) is 1. The van der Waals surface area contributed by atoms with Crippen molar-refractivity contribution in [2.45, 2.75) is 89.2 Å². The molecular weight excluding hydrogens is 484 g/mol. The van der Waals surface area contributed by atoms with Gasteiger partial charge in [-0.1, -0.05) is 0 Å². The second-order valence-corrected chi connectivity index (χ2v) is 8.31. The van der Waals surface area contributed by atoms with Crippen LogP contribution in [0.2, 0.25) is 0 Å². The summed E-state index contributed by atoms with van der Waals surface area (Å²) < 4.78 is 16.1. The molecule has 1 aliphatic rings. The number of aliphatic hydroxyl groups excluding tert-OH is 2. The summed E-state index contributed by atoms with van der Waals surface area (Å²) in [4.78, 5) is 59.2. The van der Waals surface area contributed by atoms with Crippen molar-refractivity contribution >= 4 is 29.8 Å². The number of carboxylic acid groups (broad SMARTS) is 1. The zero-order chi connectivity index (χ0) is 27.6. The lowest BCUT2D eigenvalue weighted by Crippen LogP contribution is -2.65. The van der Waals surface area contributed by atoms with Crippen LogP contribution in [0.5, 0.6) is 0 Å². The van der Waals surface area contributed by atoms with Gasteiger partial charge < -0.3 is 51.2 Å². The number of nitrogens with one attached hydrogen (secondary N) is 3. The Balaban J connectivity index is 2.84. The summed E-state index contributed by atoms with van der Waals surface area (Å²) in [5.41, 5.74) is 5.19. The van der Waals surface area contributed by atoms with Crippen molar-refractivity contribution in [3.8, 4) is 0 Å². The standard InChI is InChI=1S/C21H36N4O11/c1-5-34-21(33)25-15-10(3)35-13(8-26)16(29)17(15)36-11(4)20(32)23-9(2)19(31)24-12(18(22)30)6-7-14(27)28/h9-13,15-17,26,29H,5-8H2,1-4H3,(H2,22,30)(H,23,32)(H,24,31)(H,25,33)(H,27,28)/t9-,10?,11+,12+,13?,15?,16?,17?/m0/s1. The summed E-state index contributed by atoms with van der Waals surface area (Å²) in [5.74, 6) is -3.65. The molecule has 1 aliphatic heterocycles. The van der Waals surface area contributed by atoms with E-state index in [4.69, 9.17) is 25.1 Å². The number of carboxylic acids is 1. The van der Waals surface area contributed by atoms with Crippen LogP contribution >= 0.6 is 0 Å². The van der Waals surface area contributed by atoms with Gasteiger partial charge in [-0.3, -0.25) is 19.2 Å². The molecule has 15 nitrogen and oxygen atoms in total. The molecule has 1 saturated heterocycles. The molecular formula is C21H36N4O11. The van der Waals surface area contributed by atoms with E-state index in [1.165, 1.54) is 13.8 Å². The van der Waals surface area contributed by atoms with Gasteiger partial charge in [0.2, 0.25) is 17.7 Å². The van der Waals surface area contributed by atoms with Crippen LogP contribution in [0.4, 0.5) is 4.79 Å². The van der Waals surface area contributed by atoms with E-state index in [2.05, 4.69) is 16.0 Å². The molecule has 4 amide bonds. The number of rotatable bonds is 13. The van der Waals surface area contributed by atoms with Crippen molar-refractivity contribution in [2.75, 3.05) is 13.2 Å². The summed E-state index contributed by atoms with van der Waals surface area (Å²) in [6.45, 7) is 5.41. The minimum absolute atomic E-state index is 0.0901. The van der Waals surface area contributed by atoms with Crippen molar-refractivity contribution in [2.24, 2.45) is 5.73 Å². The van der Waals surface area contributed by atoms with Gasteiger partial charge in [0.15, 0.2) is 0 Å². The molecule has 5 unspecified atom stereocenters. The predicted octanol–water partition coefficient (Wildman–Crippen LogP) is -2.65. The first-order chi connectivity index (χ1) is 16.8. The van der Waals surface area contributed by atoms with Crippen LogP contribution in [-0.4, -0.2) is 107 Å². The largest absolute Gasteiger partial charge is 0.481 e. The van der Waals surface area contributed by atoms with E-state index in [1.807, 2.05) is 0 Å². The quantitative estimate of drug-likeness (QED) is 0.132. The highest BCUT2D eigenvalue weighted by molar-refractivity contribution is 5.92. The second kappa shape index (κ2) is 14.5. The predicted molar refractivity (Wildman–Crippen MR) is 121 cm³/mol. The molecule has 0 bridgehead atoms. The number of primary amides is 1. The fourth-order valence-electron chi connectivity index (χ4n) is 3.50. The van der Waals surface area contributed by atoms with Crippen molar-refractivity contribution < 1.29 is 53.5 Å². The van der Waals surface area contributed by atoms with Crippen LogP contribution in [-0.2, 0) is 33.4 Å². The van der Waals surface area contributed by atoms with E-state index in [0.717, 1.165) is 0 Å². The number of amides is 4. The molecule has 0 aromatic carbocycles. The van der Waals surface area contributed by atoms with Crippen LogP contribution in [0.3, 0.4) is 0 Å². The molecule has 15 heteroatoms. The Kier molecular flexibility index (Phi) is 12.5. The Bertz CT molecular complexity index is 796. The third-order valence-corrected chi connectivity index (χ3v) is 5.50. The molecule has 36 heavy (non-hydrogen) atoms. The molecule has 1 rings (SSSR count). The summed E-state index contributed by atoms with van der Waals surface area (Å²) in [7, 11) is 0. The monoisotopic (exact) mass is 520 g/mol. The first-order valence-electron chi connectivity index (χ1n) is 11.5. The molecule has 8 atom stereocenters. The topological polar surface area (TPSA) is 236 Å². The maximum Gasteiger partial charge on any atom is 0.407 e. The Labute approximate surface area is 208 Å². The number of hydrogen-bond acceptors (Lipinski definition) is 10. The Morgan fingerprint density at radius 3 is 2.28 bits per heavy atom. The number of carbonyl (C=O) groups is 5. The van der Waals surface area contributed by atoms with Crippen LogP contribution in [0.15, 0.2) is 0 Å². The highest BCUT2D eigenvalue weighted by Crippen LogP contribution is 2.24. The van der Waals surface area contributed by atoms with Crippen LogP contribution in [0.1, 0.15) is 40.5 Å². The highest BCUT2D eigenvalue weighted by Gasteiger charge is 2.46. The molecule has 206 valence electrons. The fourth-order valence-corrected chi connectivity index (χ4v) is 3.50. The number of ether oxygens (including phenoxy) is 3. The molecule has 1 fully saturated rings. The lowest BCUT2D eigenvalue weighted by molar-refractivity contribution is -0.212. The molecule has 0 saturated carbocycles. The SMILES string of the molecule is CCOC(=O)NC1C(C)OC(CO)C(O)C1O[C@H](C)C(=O)N[C@@H](C)C(=O)N[C@H](CCC(=O)O)C(N)=O. The van der Waals surface area contributed by atoms with E-state index >= 15 is 0 Å². The van der Waals surface area contributed by atoms with E-state index < -0.39 is 91.5 Å². The zero-order valence-corrected chi connectivity index (χ0v) is 20.6. The third kappa shape index (κ3) is 9.22. The van der Waals surface area contributed by atoms with Gasteiger partial charge in [0.1, 0.15) is 36.5 Å².